The third-order valence-electron chi connectivity index (χ3n) is 3.20. The maximum absolute atomic E-state index is 11.6. The molecule has 1 amide bonds. The Balaban J connectivity index is 1.90. The van der Waals surface area contributed by atoms with E-state index in [2.05, 4.69) is 24.5 Å². The first-order chi connectivity index (χ1) is 9.58. The van der Waals surface area contributed by atoms with Gasteiger partial charge >= 0.3 is 0 Å². The first-order valence-corrected chi connectivity index (χ1v) is 7.02. The van der Waals surface area contributed by atoms with Crippen molar-refractivity contribution in [3.63, 3.8) is 0 Å². The predicted molar refractivity (Wildman–Crippen MR) is 80.5 cm³/mol. The van der Waals surface area contributed by atoms with Crippen LogP contribution in [0.15, 0.2) is 28.7 Å². The SMILES string of the molecule is Cc1oc2ccccc2c1CNCC(=O)NCC(C)C. The molecule has 0 fully saturated rings. The highest BCUT2D eigenvalue weighted by atomic mass is 16.3. The van der Waals surface area contributed by atoms with Gasteiger partial charge in [0.2, 0.25) is 5.91 Å². The number of fused-ring (bicyclic) bond motifs is 1. The van der Waals surface area contributed by atoms with E-state index >= 15 is 0 Å². The van der Waals surface area contributed by atoms with Gasteiger partial charge in [-0.05, 0) is 18.9 Å². The van der Waals surface area contributed by atoms with Crippen molar-refractivity contribution in [1.82, 2.24) is 10.6 Å². The van der Waals surface area contributed by atoms with Crippen LogP contribution < -0.4 is 10.6 Å². The summed E-state index contributed by atoms with van der Waals surface area (Å²) in [6.45, 7) is 7.79. The molecule has 0 saturated heterocycles. The average Bonchev–Trinajstić information content (AvgIpc) is 2.73. The lowest BCUT2D eigenvalue weighted by atomic mass is 10.1. The molecule has 2 rings (SSSR count). The molecule has 1 aromatic carbocycles. The number of rotatable bonds is 6. The zero-order valence-corrected chi connectivity index (χ0v) is 12.3. The molecular weight excluding hydrogens is 252 g/mol. The maximum atomic E-state index is 11.6. The number of nitrogens with one attached hydrogen (secondary N) is 2. The fraction of sp³-hybridized carbons (Fsp3) is 0.438. The Hall–Kier alpha value is -1.81. The van der Waals surface area contributed by atoms with Crippen LogP contribution in [0, 0.1) is 12.8 Å². The number of carbonyl (C=O) groups is 1. The van der Waals surface area contributed by atoms with E-state index < -0.39 is 0 Å². The number of para-hydroxylation sites is 1. The molecule has 20 heavy (non-hydrogen) atoms. The Bertz CT molecular complexity index is 587. The lowest BCUT2D eigenvalue weighted by Crippen LogP contribution is -2.35. The minimum absolute atomic E-state index is 0.0316. The molecule has 2 aromatic rings. The van der Waals surface area contributed by atoms with Gasteiger partial charge in [-0.3, -0.25) is 4.79 Å². The van der Waals surface area contributed by atoms with E-state index in [1.54, 1.807) is 0 Å². The highest BCUT2D eigenvalue weighted by Gasteiger charge is 2.10. The minimum Gasteiger partial charge on any atom is -0.461 e. The Morgan fingerprint density at radius 3 is 2.80 bits per heavy atom. The standard InChI is InChI=1S/C16H22N2O2/c1-11(2)8-18-16(19)10-17-9-14-12(3)20-15-7-5-4-6-13(14)15/h4-7,11,17H,8-10H2,1-3H3,(H,18,19). The van der Waals surface area contributed by atoms with Gasteiger partial charge in [-0.1, -0.05) is 32.0 Å². The van der Waals surface area contributed by atoms with Gasteiger partial charge < -0.3 is 15.1 Å². The number of hydrogen-bond acceptors (Lipinski definition) is 3. The number of furan rings is 1. The largest absolute Gasteiger partial charge is 0.461 e. The van der Waals surface area contributed by atoms with E-state index in [-0.39, 0.29) is 5.91 Å². The molecule has 0 atom stereocenters. The molecule has 0 aliphatic carbocycles. The van der Waals surface area contributed by atoms with Crippen molar-refractivity contribution in [3.8, 4) is 0 Å². The predicted octanol–water partition coefficient (Wildman–Crippen LogP) is 2.60. The Morgan fingerprint density at radius 2 is 2.05 bits per heavy atom. The van der Waals surface area contributed by atoms with Crippen molar-refractivity contribution in [2.75, 3.05) is 13.1 Å². The van der Waals surface area contributed by atoms with Gasteiger partial charge in [0.25, 0.3) is 0 Å². The number of hydrogen-bond donors (Lipinski definition) is 2. The van der Waals surface area contributed by atoms with Crippen molar-refractivity contribution in [3.05, 3.63) is 35.6 Å². The number of carbonyl (C=O) groups excluding carboxylic acids is 1. The molecule has 0 aliphatic rings. The van der Waals surface area contributed by atoms with Gasteiger partial charge in [-0.15, -0.1) is 0 Å². The van der Waals surface area contributed by atoms with Crippen molar-refractivity contribution in [2.24, 2.45) is 5.92 Å². The normalized spacial score (nSPS) is 11.2. The molecule has 0 unspecified atom stereocenters. The molecule has 4 heteroatoms. The summed E-state index contributed by atoms with van der Waals surface area (Å²) in [6, 6.07) is 7.96. The molecule has 108 valence electrons. The summed E-state index contributed by atoms with van der Waals surface area (Å²) in [4.78, 5) is 11.6. The Kier molecular flexibility index (Phi) is 4.79. The number of aryl methyl sites for hydroxylation is 1. The van der Waals surface area contributed by atoms with E-state index in [0.717, 1.165) is 22.3 Å². The van der Waals surface area contributed by atoms with Crippen LogP contribution in [0.4, 0.5) is 0 Å². The highest BCUT2D eigenvalue weighted by molar-refractivity contribution is 5.82. The summed E-state index contributed by atoms with van der Waals surface area (Å²) in [5.74, 6) is 1.41. The summed E-state index contributed by atoms with van der Waals surface area (Å²) in [5.41, 5.74) is 2.02. The summed E-state index contributed by atoms with van der Waals surface area (Å²) in [7, 11) is 0. The van der Waals surface area contributed by atoms with Crippen LogP contribution in [0.3, 0.4) is 0 Å². The van der Waals surface area contributed by atoms with Gasteiger partial charge in [0, 0.05) is 24.0 Å². The maximum Gasteiger partial charge on any atom is 0.233 e. The van der Waals surface area contributed by atoms with Crippen LogP contribution in [0.2, 0.25) is 0 Å². The lowest BCUT2D eigenvalue weighted by Gasteiger charge is -2.08. The van der Waals surface area contributed by atoms with Gasteiger partial charge in [-0.2, -0.15) is 0 Å². The minimum atomic E-state index is 0.0316. The topological polar surface area (TPSA) is 54.3 Å². The van der Waals surface area contributed by atoms with E-state index in [0.29, 0.717) is 25.6 Å². The quantitative estimate of drug-likeness (QED) is 0.851. The zero-order chi connectivity index (χ0) is 14.5. The second-order valence-corrected chi connectivity index (χ2v) is 5.43. The molecule has 0 spiro atoms. The fourth-order valence-electron chi connectivity index (χ4n) is 2.12. The molecule has 1 heterocycles. The fourth-order valence-corrected chi connectivity index (χ4v) is 2.12. The monoisotopic (exact) mass is 274 g/mol. The van der Waals surface area contributed by atoms with E-state index in [1.807, 2.05) is 31.2 Å². The molecule has 4 nitrogen and oxygen atoms in total. The molecule has 1 aromatic heterocycles. The third-order valence-corrected chi connectivity index (χ3v) is 3.20. The zero-order valence-electron chi connectivity index (χ0n) is 12.3. The molecule has 2 N–H and O–H groups in total. The van der Waals surface area contributed by atoms with Crippen LogP contribution in [-0.4, -0.2) is 19.0 Å². The molecular formula is C16H22N2O2. The highest BCUT2D eigenvalue weighted by Crippen LogP contribution is 2.24. The molecule has 0 bridgehead atoms. The van der Waals surface area contributed by atoms with Crippen LogP contribution in [0.5, 0.6) is 0 Å². The smallest absolute Gasteiger partial charge is 0.233 e. The van der Waals surface area contributed by atoms with Crippen molar-refractivity contribution >= 4 is 16.9 Å². The Labute approximate surface area is 119 Å². The second-order valence-electron chi connectivity index (χ2n) is 5.43. The molecule has 0 radical (unpaired) electrons. The van der Waals surface area contributed by atoms with Gasteiger partial charge in [0.05, 0.1) is 6.54 Å². The molecule has 0 aliphatic heterocycles. The van der Waals surface area contributed by atoms with Gasteiger partial charge in [-0.25, -0.2) is 0 Å². The van der Waals surface area contributed by atoms with Crippen LogP contribution in [-0.2, 0) is 11.3 Å². The van der Waals surface area contributed by atoms with Crippen LogP contribution in [0.25, 0.3) is 11.0 Å². The molecule has 0 saturated carbocycles. The van der Waals surface area contributed by atoms with Gasteiger partial charge in [0.1, 0.15) is 11.3 Å². The van der Waals surface area contributed by atoms with Crippen molar-refractivity contribution in [2.45, 2.75) is 27.3 Å². The number of amides is 1. The van der Waals surface area contributed by atoms with E-state index in [9.17, 15) is 4.79 Å². The second kappa shape index (κ2) is 6.57. The Morgan fingerprint density at radius 1 is 1.30 bits per heavy atom. The van der Waals surface area contributed by atoms with Crippen molar-refractivity contribution in [1.29, 1.82) is 0 Å². The van der Waals surface area contributed by atoms with Crippen LogP contribution >= 0.6 is 0 Å². The summed E-state index contributed by atoms with van der Waals surface area (Å²) in [5, 5.41) is 7.17. The van der Waals surface area contributed by atoms with E-state index in [1.165, 1.54) is 0 Å². The summed E-state index contributed by atoms with van der Waals surface area (Å²) >= 11 is 0. The van der Waals surface area contributed by atoms with Crippen molar-refractivity contribution < 1.29 is 9.21 Å². The first-order valence-electron chi connectivity index (χ1n) is 7.02. The average molecular weight is 274 g/mol. The van der Waals surface area contributed by atoms with Gasteiger partial charge in [0.15, 0.2) is 0 Å². The summed E-state index contributed by atoms with van der Waals surface area (Å²) in [6.07, 6.45) is 0. The lowest BCUT2D eigenvalue weighted by molar-refractivity contribution is -0.120. The van der Waals surface area contributed by atoms with Crippen LogP contribution in [0.1, 0.15) is 25.2 Å². The number of benzene rings is 1. The third kappa shape index (κ3) is 3.61. The first kappa shape index (κ1) is 14.6. The van der Waals surface area contributed by atoms with E-state index in [4.69, 9.17) is 4.42 Å². The summed E-state index contributed by atoms with van der Waals surface area (Å²) < 4.78 is 5.69.